The summed E-state index contributed by atoms with van der Waals surface area (Å²) in [6.07, 6.45) is 3.47. The number of nitrogens with zero attached hydrogens (tertiary/aromatic N) is 3. The Morgan fingerprint density at radius 2 is 2.05 bits per heavy atom. The van der Waals surface area contributed by atoms with Gasteiger partial charge in [0, 0.05) is 18.8 Å². The molecule has 0 unspecified atom stereocenters. The fourth-order valence-electron chi connectivity index (χ4n) is 3.13. The van der Waals surface area contributed by atoms with Gasteiger partial charge in [0.1, 0.15) is 0 Å². The van der Waals surface area contributed by atoms with Crippen LogP contribution in [-0.2, 0) is 19.4 Å². The molecule has 4 heteroatoms. The van der Waals surface area contributed by atoms with E-state index >= 15 is 0 Å². The van der Waals surface area contributed by atoms with E-state index in [-0.39, 0.29) is 6.61 Å². The Kier molecular flexibility index (Phi) is 4.36. The van der Waals surface area contributed by atoms with Crippen molar-refractivity contribution < 1.29 is 5.11 Å². The number of para-hydroxylation sites is 1. The molecule has 0 aliphatic heterocycles. The highest BCUT2D eigenvalue weighted by Gasteiger charge is 2.23. The standard InChI is InChI=1S/C17H23N3O/c1-2-19(11-12-21)13-16-15-9-6-10-17(15)20(18-16)14-7-4-3-5-8-14/h3-5,7-8,21H,2,6,9-13H2,1H3. The van der Waals surface area contributed by atoms with Crippen molar-refractivity contribution in [1.82, 2.24) is 14.7 Å². The maximum absolute atomic E-state index is 9.16. The molecule has 0 saturated heterocycles. The Labute approximate surface area is 126 Å². The van der Waals surface area contributed by atoms with Crippen molar-refractivity contribution in [2.45, 2.75) is 32.7 Å². The summed E-state index contributed by atoms with van der Waals surface area (Å²) in [5.41, 5.74) is 5.13. The molecular weight excluding hydrogens is 262 g/mol. The zero-order chi connectivity index (χ0) is 14.7. The number of fused-ring (bicyclic) bond motifs is 1. The summed E-state index contributed by atoms with van der Waals surface area (Å²) in [7, 11) is 0. The van der Waals surface area contributed by atoms with Gasteiger partial charge in [0.05, 0.1) is 18.0 Å². The quantitative estimate of drug-likeness (QED) is 0.884. The molecule has 4 nitrogen and oxygen atoms in total. The van der Waals surface area contributed by atoms with Gasteiger partial charge in [0.25, 0.3) is 0 Å². The van der Waals surface area contributed by atoms with Crippen LogP contribution in [-0.4, -0.2) is 39.5 Å². The van der Waals surface area contributed by atoms with Gasteiger partial charge in [-0.3, -0.25) is 4.90 Å². The first-order valence-electron chi connectivity index (χ1n) is 7.81. The molecule has 0 bridgehead atoms. The Hall–Kier alpha value is -1.65. The maximum Gasteiger partial charge on any atom is 0.0804 e. The van der Waals surface area contributed by atoms with E-state index in [1.807, 2.05) is 6.07 Å². The smallest absolute Gasteiger partial charge is 0.0804 e. The van der Waals surface area contributed by atoms with Gasteiger partial charge < -0.3 is 5.11 Å². The first kappa shape index (κ1) is 14.3. The number of likely N-dealkylation sites (N-methyl/N-ethyl adjacent to an activating group) is 1. The van der Waals surface area contributed by atoms with Crippen LogP contribution in [0.2, 0.25) is 0 Å². The van der Waals surface area contributed by atoms with Crippen LogP contribution in [0.4, 0.5) is 0 Å². The molecule has 0 atom stereocenters. The highest BCUT2D eigenvalue weighted by atomic mass is 16.3. The van der Waals surface area contributed by atoms with E-state index in [4.69, 9.17) is 10.2 Å². The van der Waals surface area contributed by atoms with Gasteiger partial charge in [0.15, 0.2) is 0 Å². The summed E-state index contributed by atoms with van der Waals surface area (Å²) in [4.78, 5) is 2.25. The summed E-state index contributed by atoms with van der Waals surface area (Å²) in [6, 6.07) is 10.4. The summed E-state index contributed by atoms with van der Waals surface area (Å²) < 4.78 is 2.12. The third kappa shape index (κ3) is 2.87. The van der Waals surface area contributed by atoms with Crippen LogP contribution in [0.25, 0.3) is 5.69 Å². The number of benzene rings is 1. The number of rotatable bonds is 6. The minimum absolute atomic E-state index is 0.204. The monoisotopic (exact) mass is 285 g/mol. The molecule has 1 aromatic carbocycles. The zero-order valence-electron chi connectivity index (χ0n) is 12.6. The molecule has 2 aromatic rings. The molecule has 3 rings (SSSR count). The second kappa shape index (κ2) is 6.41. The van der Waals surface area contributed by atoms with Crippen LogP contribution in [0, 0.1) is 0 Å². The highest BCUT2D eigenvalue weighted by Crippen LogP contribution is 2.28. The van der Waals surface area contributed by atoms with Crippen LogP contribution in [0.15, 0.2) is 30.3 Å². The second-order valence-electron chi connectivity index (χ2n) is 5.57. The molecule has 1 aromatic heterocycles. The molecule has 1 aliphatic carbocycles. The van der Waals surface area contributed by atoms with Crippen LogP contribution >= 0.6 is 0 Å². The Bertz CT molecular complexity index is 592. The molecule has 0 fully saturated rings. The topological polar surface area (TPSA) is 41.3 Å². The van der Waals surface area contributed by atoms with E-state index in [0.29, 0.717) is 6.54 Å². The van der Waals surface area contributed by atoms with Gasteiger partial charge in [-0.25, -0.2) is 4.68 Å². The summed E-state index contributed by atoms with van der Waals surface area (Å²) in [5.74, 6) is 0. The van der Waals surface area contributed by atoms with E-state index in [2.05, 4.69) is 40.8 Å². The predicted molar refractivity (Wildman–Crippen MR) is 83.6 cm³/mol. The van der Waals surface area contributed by atoms with E-state index in [1.165, 1.54) is 23.4 Å². The summed E-state index contributed by atoms with van der Waals surface area (Å²) >= 11 is 0. The molecule has 0 saturated carbocycles. The second-order valence-corrected chi connectivity index (χ2v) is 5.57. The van der Waals surface area contributed by atoms with Crippen LogP contribution in [0.1, 0.15) is 30.3 Å². The maximum atomic E-state index is 9.16. The van der Waals surface area contributed by atoms with Crippen LogP contribution in [0.3, 0.4) is 0 Å². The van der Waals surface area contributed by atoms with Crippen molar-refractivity contribution in [1.29, 1.82) is 0 Å². The molecular formula is C17H23N3O. The number of hydrogen-bond donors (Lipinski definition) is 1. The molecule has 0 amide bonds. The first-order valence-corrected chi connectivity index (χ1v) is 7.81. The van der Waals surface area contributed by atoms with E-state index in [0.717, 1.165) is 31.6 Å². The lowest BCUT2D eigenvalue weighted by atomic mass is 10.2. The van der Waals surface area contributed by atoms with Crippen molar-refractivity contribution in [3.8, 4) is 5.69 Å². The Morgan fingerprint density at radius 1 is 1.24 bits per heavy atom. The van der Waals surface area contributed by atoms with E-state index in [1.54, 1.807) is 0 Å². The summed E-state index contributed by atoms with van der Waals surface area (Å²) in [5, 5.41) is 14.0. The van der Waals surface area contributed by atoms with Gasteiger partial charge >= 0.3 is 0 Å². The predicted octanol–water partition coefficient (Wildman–Crippen LogP) is 2.18. The molecule has 1 heterocycles. The molecule has 0 spiro atoms. The van der Waals surface area contributed by atoms with Crippen LogP contribution in [0.5, 0.6) is 0 Å². The average molecular weight is 285 g/mol. The van der Waals surface area contributed by atoms with Gasteiger partial charge in [-0.2, -0.15) is 5.10 Å². The van der Waals surface area contributed by atoms with Crippen molar-refractivity contribution >= 4 is 0 Å². The Morgan fingerprint density at radius 3 is 2.76 bits per heavy atom. The largest absolute Gasteiger partial charge is 0.395 e. The molecule has 1 N–H and O–H groups in total. The number of aliphatic hydroxyl groups is 1. The minimum atomic E-state index is 0.204. The number of aliphatic hydroxyl groups excluding tert-OH is 1. The molecule has 1 aliphatic rings. The van der Waals surface area contributed by atoms with Crippen molar-refractivity contribution in [3.05, 3.63) is 47.3 Å². The lowest BCUT2D eigenvalue weighted by Gasteiger charge is -2.18. The fourth-order valence-corrected chi connectivity index (χ4v) is 3.13. The summed E-state index contributed by atoms with van der Waals surface area (Å²) in [6.45, 7) is 4.82. The van der Waals surface area contributed by atoms with E-state index in [9.17, 15) is 0 Å². The fraction of sp³-hybridized carbons (Fsp3) is 0.471. The van der Waals surface area contributed by atoms with Crippen molar-refractivity contribution in [3.63, 3.8) is 0 Å². The third-order valence-corrected chi connectivity index (χ3v) is 4.25. The van der Waals surface area contributed by atoms with Gasteiger partial charge in [0.2, 0.25) is 0 Å². The lowest BCUT2D eigenvalue weighted by Crippen LogP contribution is -2.26. The van der Waals surface area contributed by atoms with Gasteiger partial charge in [-0.15, -0.1) is 0 Å². The van der Waals surface area contributed by atoms with Gasteiger partial charge in [-0.1, -0.05) is 25.1 Å². The molecule has 21 heavy (non-hydrogen) atoms. The van der Waals surface area contributed by atoms with Crippen LogP contribution < -0.4 is 0 Å². The number of aromatic nitrogens is 2. The third-order valence-electron chi connectivity index (χ3n) is 4.25. The number of hydrogen-bond acceptors (Lipinski definition) is 3. The normalized spacial score (nSPS) is 13.9. The first-order chi connectivity index (χ1) is 10.3. The minimum Gasteiger partial charge on any atom is -0.395 e. The molecule has 112 valence electrons. The SMILES string of the molecule is CCN(CCO)Cc1nn(-c2ccccc2)c2c1CCC2. The highest BCUT2D eigenvalue weighted by molar-refractivity contribution is 5.39. The molecule has 0 radical (unpaired) electrons. The van der Waals surface area contributed by atoms with Crippen molar-refractivity contribution in [2.75, 3.05) is 19.7 Å². The van der Waals surface area contributed by atoms with E-state index < -0.39 is 0 Å². The average Bonchev–Trinajstić information content (AvgIpc) is 3.11. The van der Waals surface area contributed by atoms with Crippen molar-refractivity contribution in [2.24, 2.45) is 0 Å². The van der Waals surface area contributed by atoms with Gasteiger partial charge in [-0.05, 0) is 43.5 Å². The zero-order valence-corrected chi connectivity index (χ0v) is 12.6. The Balaban J connectivity index is 1.92. The lowest BCUT2D eigenvalue weighted by molar-refractivity contribution is 0.195.